The van der Waals surface area contributed by atoms with Crippen molar-refractivity contribution in [1.82, 2.24) is 5.32 Å². The molecule has 0 fully saturated rings. The van der Waals surface area contributed by atoms with E-state index in [1.54, 1.807) is 6.92 Å². The molecule has 5 nitrogen and oxygen atoms in total. The van der Waals surface area contributed by atoms with Crippen LogP contribution in [0.15, 0.2) is 12.2 Å². The molecule has 0 saturated carbocycles. The Balaban J connectivity index is 4.94. The number of hydrogen-bond acceptors (Lipinski definition) is 4. The van der Waals surface area contributed by atoms with E-state index in [1.807, 2.05) is 25.1 Å². The minimum absolute atomic E-state index is 0.172. The Morgan fingerprint density at radius 3 is 2.59 bits per heavy atom. The number of esters is 1. The fraction of sp³-hybridized carbons (Fsp3) is 0.583. The van der Waals surface area contributed by atoms with Crippen LogP contribution in [-0.2, 0) is 14.3 Å². The van der Waals surface area contributed by atoms with E-state index in [4.69, 9.17) is 10.00 Å². The Labute approximate surface area is 101 Å². The lowest BCUT2D eigenvalue weighted by Crippen LogP contribution is -2.53. The molecule has 0 rings (SSSR count). The fourth-order valence-electron chi connectivity index (χ4n) is 1.37. The SMILES string of the molecule is CC=CCCC(C#N)(NC(C)=O)C(=O)OCC. The fourth-order valence-corrected chi connectivity index (χ4v) is 1.37. The summed E-state index contributed by atoms with van der Waals surface area (Å²) in [6, 6.07) is 1.85. The summed E-state index contributed by atoms with van der Waals surface area (Å²) in [4.78, 5) is 22.8. The summed E-state index contributed by atoms with van der Waals surface area (Å²) < 4.78 is 4.83. The van der Waals surface area contributed by atoms with Crippen LogP contribution >= 0.6 is 0 Å². The van der Waals surface area contributed by atoms with Crippen LogP contribution in [0.3, 0.4) is 0 Å². The van der Waals surface area contributed by atoms with Crippen molar-refractivity contribution in [3.63, 3.8) is 0 Å². The Kier molecular flexibility index (Phi) is 6.64. The maximum absolute atomic E-state index is 11.7. The van der Waals surface area contributed by atoms with Gasteiger partial charge in [0, 0.05) is 6.92 Å². The summed E-state index contributed by atoms with van der Waals surface area (Å²) in [7, 11) is 0. The Morgan fingerprint density at radius 1 is 1.53 bits per heavy atom. The van der Waals surface area contributed by atoms with Crippen LogP contribution < -0.4 is 5.32 Å². The third kappa shape index (κ3) is 4.68. The number of hydrogen-bond donors (Lipinski definition) is 1. The van der Waals surface area contributed by atoms with E-state index in [2.05, 4.69) is 5.32 Å². The van der Waals surface area contributed by atoms with Gasteiger partial charge in [-0.3, -0.25) is 4.79 Å². The maximum Gasteiger partial charge on any atom is 0.346 e. The van der Waals surface area contributed by atoms with Crippen LogP contribution in [0.25, 0.3) is 0 Å². The molecule has 0 aromatic heterocycles. The first-order valence-electron chi connectivity index (χ1n) is 5.50. The molecule has 0 saturated heterocycles. The highest BCUT2D eigenvalue weighted by Gasteiger charge is 2.40. The molecular weight excluding hydrogens is 220 g/mol. The molecule has 1 N–H and O–H groups in total. The van der Waals surface area contributed by atoms with E-state index in [9.17, 15) is 9.59 Å². The molecule has 17 heavy (non-hydrogen) atoms. The normalized spacial score (nSPS) is 13.8. The van der Waals surface area contributed by atoms with E-state index in [1.165, 1.54) is 6.92 Å². The van der Waals surface area contributed by atoms with Gasteiger partial charge in [0.25, 0.3) is 0 Å². The predicted octanol–water partition coefficient (Wildman–Crippen LogP) is 1.30. The van der Waals surface area contributed by atoms with Gasteiger partial charge in [-0.05, 0) is 26.7 Å². The minimum atomic E-state index is -1.58. The summed E-state index contributed by atoms with van der Waals surface area (Å²) in [5.74, 6) is -1.14. The molecule has 0 aliphatic heterocycles. The van der Waals surface area contributed by atoms with Crippen molar-refractivity contribution in [2.75, 3.05) is 6.61 Å². The van der Waals surface area contributed by atoms with Gasteiger partial charge in [-0.15, -0.1) is 0 Å². The van der Waals surface area contributed by atoms with Gasteiger partial charge < -0.3 is 10.1 Å². The zero-order valence-electron chi connectivity index (χ0n) is 10.4. The lowest BCUT2D eigenvalue weighted by atomic mass is 9.94. The van der Waals surface area contributed by atoms with Gasteiger partial charge in [0.1, 0.15) is 6.07 Å². The number of amides is 1. The molecule has 1 unspecified atom stereocenters. The van der Waals surface area contributed by atoms with Crippen LogP contribution in [0, 0.1) is 11.3 Å². The summed E-state index contributed by atoms with van der Waals surface area (Å²) in [6.07, 6.45) is 4.36. The van der Waals surface area contributed by atoms with E-state index in [0.29, 0.717) is 6.42 Å². The quantitative estimate of drug-likeness (QED) is 0.559. The van der Waals surface area contributed by atoms with Gasteiger partial charge in [0.05, 0.1) is 6.61 Å². The third-order valence-electron chi connectivity index (χ3n) is 2.13. The standard InChI is InChI=1S/C12H18N2O3/c1-4-6-7-8-12(9-13,14-10(3)15)11(16)17-5-2/h4,6H,5,7-8H2,1-3H3,(H,14,15). The Hall–Kier alpha value is -1.83. The molecule has 0 radical (unpaired) electrons. The van der Waals surface area contributed by atoms with Gasteiger partial charge in [-0.2, -0.15) is 5.26 Å². The van der Waals surface area contributed by atoms with Crippen molar-refractivity contribution < 1.29 is 14.3 Å². The molecular formula is C12H18N2O3. The zero-order valence-corrected chi connectivity index (χ0v) is 10.4. The Bertz CT molecular complexity index is 344. The number of carbonyl (C=O) groups is 2. The number of nitrogens with zero attached hydrogens (tertiary/aromatic N) is 1. The Morgan fingerprint density at radius 2 is 2.18 bits per heavy atom. The smallest absolute Gasteiger partial charge is 0.346 e. The average Bonchev–Trinajstić information content (AvgIpc) is 2.27. The average molecular weight is 238 g/mol. The summed E-state index contributed by atoms with van der Waals surface area (Å²) in [5, 5.41) is 11.5. The second kappa shape index (κ2) is 7.44. The molecule has 94 valence electrons. The molecule has 0 aromatic rings. The second-order valence-corrected chi connectivity index (χ2v) is 3.53. The largest absolute Gasteiger partial charge is 0.463 e. The van der Waals surface area contributed by atoms with Crippen LogP contribution in [0.5, 0.6) is 0 Å². The molecule has 1 atom stereocenters. The van der Waals surface area contributed by atoms with Crippen molar-refractivity contribution in [2.24, 2.45) is 0 Å². The number of allylic oxidation sites excluding steroid dienone is 2. The number of rotatable bonds is 6. The van der Waals surface area contributed by atoms with E-state index < -0.39 is 17.4 Å². The second-order valence-electron chi connectivity index (χ2n) is 3.53. The molecule has 0 aliphatic carbocycles. The van der Waals surface area contributed by atoms with E-state index in [0.717, 1.165) is 0 Å². The monoisotopic (exact) mass is 238 g/mol. The van der Waals surface area contributed by atoms with E-state index >= 15 is 0 Å². The van der Waals surface area contributed by atoms with Gasteiger partial charge >= 0.3 is 5.97 Å². The maximum atomic E-state index is 11.7. The summed E-state index contributed by atoms with van der Waals surface area (Å²) >= 11 is 0. The van der Waals surface area contributed by atoms with Crippen molar-refractivity contribution in [1.29, 1.82) is 5.26 Å². The first-order valence-corrected chi connectivity index (χ1v) is 5.50. The number of carbonyl (C=O) groups excluding carboxylic acids is 2. The van der Waals surface area contributed by atoms with E-state index in [-0.39, 0.29) is 13.0 Å². The molecule has 0 bridgehead atoms. The van der Waals surface area contributed by atoms with Crippen LogP contribution in [0.2, 0.25) is 0 Å². The first kappa shape index (κ1) is 15.2. The predicted molar refractivity (Wildman–Crippen MR) is 62.8 cm³/mol. The van der Waals surface area contributed by atoms with Gasteiger partial charge in [0.2, 0.25) is 11.4 Å². The summed E-state index contributed by atoms with van der Waals surface area (Å²) in [6.45, 7) is 4.93. The molecule has 5 heteroatoms. The first-order chi connectivity index (χ1) is 8.02. The highest BCUT2D eigenvalue weighted by Crippen LogP contribution is 2.15. The highest BCUT2D eigenvalue weighted by atomic mass is 16.5. The van der Waals surface area contributed by atoms with Crippen LogP contribution in [0.4, 0.5) is 0 Å². The van der Waals surface area contributed by atoms with Crippen molar-refractivity contribution in [3.8, 4) is 6.07 Å². The van der Waals surface area contributed by atoms with Crippen LogP contribution in [-0.4, -0.2) is 24.0 Å². The summed E-state index contributed by atoms with van der Waals surface area (Å²) in [5.41, 5.74) is -1.58. The van der Waals surface area contributed by atoms with Crippen molar-refractivity contribution >= 4 is 11.9 Å². The van der Waals surface area contributed by atoms with Crippen molar-refractivity contribution in [3.05, 3.63) is 12.2 Å². The molecule has 0 aliphatic rings. The topological polar surface area (TPSA) is 79.2 Å². The van der Waals surface area contributed by atoms with Gasteiger partial charge in [-0.1, -0.05) is 12.2 Å². The lowest BCUT2D eigenvalue weighted by molar-refractivity contribution is -0.150. The molecule has 0 aromatic carbocycles. The number of nitrogens with one attached hydrogen (secondary N) is 1. The number of ether oxygens (including phenoxy) is 1. The van der Waals surface area contributed by atoms with Crippen molar-refractivity contribution in [2.45, 2.75) is 39.2 Å². The zero-order chi connectivity index (χ0) is 13.3. The lowest BCUT2D eigenvalue weighted by Gasteiger charge is -2.24. The highest BCUT2D eigenvalue weighted by molar-refractivity contribution is 5.90. The minimum Gasteiger partial charge on any atom is -0.463 e. The molecule has 0 spiro atoms. The van der Waals surface area contributed by atoms with Crippen LogP contribution in [0.1, 0.15) is 33.6 Å². The molecule has 1 amide bonds. The number of nitriles is 1. The van der Waals surface area contributed by atoms with Gasteiger partial charge in [0.15, 0.2) is 0 Å². The third-order valence-corrected chi connectivity index (χ3v) is 2.13. The molecule has 0 heterocycles. The van der Waals surface area contributed by atoms with Gasteiger partial charge in [-0.25, -0.2) is 4.79 Å².